The minimum atomic E-state index is -0.236. The maximum absolute atomic E-state index is 12.3. The monoisotopic (exact) mass is 370 g/mol. The molecule has 1 heterocycles. The summed E-state index contributed by atoms with van der Waals surface area (Å²) in [5, 5.41) is 2.86. The Bertz CT molecular complexity index is 1130. The number of rotatable bonds is 5. The number of nitrogens with one attached hydrogen (secondary N) is 1. The van der Waals surface area contributed by atoms with E-state index in [0.717, 1.165) is 22.2 Å². The molecule has 3 aromatic carbocycles. The van der Waals surface area contributed by atoms with Crippen molar-refractivity contribution in [3.63, 3.8) is 0 Å². The highest BCUT2D eigenvalue weighted by Crippen LogP contribution is 2.26. The van der Waals surface area contributed by atoms with Gasteiger partial charge in [-0.1, -0.05) is 36.4 Å². The first kappa shape index (κ1) is 17.5. The summed E-state index contributed by atoms with van der Waals surface area (Å²) in [6, 6.07) is 22.5. The Hall–Kier alpha value is -3.86. The lowest BCUT2D eigenvalue weighted by molar-refractivity contribution is -0.111. The number of amides is 1. The first-order valence-electron chi connectivity index (χ1n) is 8.81. The molecular weight excluding hydrogens is 352 g/mol. The summed E-state index contributed by atoms with van der Waals surface area (Å²) in [5.41, 5.74) is 3.82. The summed E-state index contributed by atoms with van der Waals surface area (Å²) in [4.78, 5) is 16.8. The molecular formula is C23H18N2O3. The van der Waals surface area contributed by atoms with Crippen LogP contribution >= 0.6 is 0 Å². The van der Waals surface area contributed by atoms with Crippen molar-refractivity contribution in [3.8, 4) is 17.2 Å². The van der Waals surface area contributed by atoms with Gasteiger partial charge in [0.1, 0.15) is 11.3 Å². The molecule has 4 rings (SSSR count). The van der Waals surface area contributed by atoms with Gasteiger partial charge in [0.2, 0.25) is 11.8 Å². The van der Waals surface area contributed by atoms with Gasteiger partial charge in [-0.25, -0.2) is 4.98 Å². The third kappa shape index (κ3) is 3.78. The molecule has 5 nitrogen and oxygen atoms in total. The van der Waals surface area contributed by atoms with Crippen molar-refractivity contribution >= 4 is 28.8 Å². The second kappa shape index (κ2) is 7.80. The van der Waals surface area contributed by atoms with E-state index in [1.54, 1.807) is 13.2 Å². The Labute approximate surface area is 162 Å². The zero-order valence-corrected chi connectivity index (χ0v) is 15.3. The second-order valence-electron chi connectivity index (χ2n) is 6.13. The van der Waals surface area contributed by atoms with Crippen LogP contribution < -0.4 is 10.1 Å². The number of carbonyl (C=O) groups excluding carboxylic acids is 1. The van der Waals surface area contributed by atoms with Crippen LogP contribution in [0.15, 0.2) is 83.3 Å². The fourth-order valence-electron chi connectivity index (χ4n) is 2.88. The van der Waals surface area contributed by atoms with Crippen molar-refractivity contribution in [1.29, 1.82) is 0 Å². The van der Waals surface area contributed by atoms with Gasteiger partial charge in [0, 0.05) is 22.9 Å². The van der Waals surface area contributed by atoms with Crippen LogP contribution in [0, 0.1) is 0 Å². The normalized spacial score (nSPS) is 11.0. The number of anilines is 1. The van der Waals surface area contributed by atoms with Crippen LogP contribution in [0.5, 0.6) is 5.75 Å². The maximum atomic E-state index is 12.3. The van der Waals surface area contributed by atoms with E-state index in [0.29, 0.717) is 17.3 Å². The van der Waals surface area contributed by atoms with Crippen LogP contribution in [0.25, 0.3) is 28.6 Å². The van der Waals surface area contributed by atoms with E-state index in [4.69, 9.17) is 9.15 Å². The first-order chi connectivity index (χ1) is 13.7. The zero-order valence-electron chi connectivity index (χ0n) is 15.3. The molecule has 0 unspecified atom stereocenters. The van der Waals surface area contributed by atoms with Gasteiger partial charge >= 0.3 is 0 Å². The number of benzene rings is 3. The van der Waals surface area contributed by atoms with E-state index >= 15 is 0 Å². The van der Waals surface area contributed by atoms with Crippen LogP contribution in [0.4, 0.5) is 5.69 Å². The molecule has 0 aliphatic rings. The number of ether oxygens (including phenoxy) is 1. The van der Waals surface area contributed by atoms with Crippen LogP contribution in [0.1, 0.15) is 5.56 Å². The number of oxazole rings is 1. The van der Waals surface area contributed by atoms with E-state index in [-0.39, 0.29) is 5.91 Å². The number of hydrogen-bond donors (Lipinski definition) is 1. The molecule has 0 saturated heterocycles. The molecule has 0 aliphatic carbocycles. The van der Waals surface area contributed by atoms with Crippen molar-refractivity contribution in [2.24, 2.45) is 0 Å². The highest BCUT2D eigenvalue weighted by Gasteiger charge is 2.09. The summed E-state index contributed by atoms with van der Waals surface area (Å²) in [5.74, 6) is 0.993. The third-order valence-electron chi connectivity index (χ3n) is 4.22. The lowest BCUT2D eigenvalue weighted by Crippen LogP contribution is -2.07. The number of para-hydroxylation sites is 3. The van der Waals surface area contributed by atoms with E-state index < -0.39 is 0 Å². The van der Waals surface area contributed by atoms with E-state index in [1.807, 2.05) is 72.8 Å². The lowest BCUT2D eigenvalue weighted by atomic mass is 10.2. The number of methoxy groups -OCH3 is 1. The van der Waals surface area contributed by atoms with Crippen molar-refractivity contribution in [1.82, 2.24) is 4.98 Å². The van der Waals surface area contributed by atoms with Gasteiger partial charge in [-0.15, -0.1) is 0 Å². The molecule has 138 valence electrons. The average molecular weight is 370 g/mol. The summed E-state index contributed by atoms with van der Waals surface area (Å²) < 4.78 is 11.1. The number of carbonyl (C=O) groups is 1. The molecule has 0 saturated carbocycles. The topological polar surface area (TPSA) is 64.4 Å². The molecule has 1 N–H and O–H groups in total. The largest absolute Gasteiger partial charge is 0.496 e. The van der Waals surface area contributed by atoms with E-state index in [2.05, 4.69) is 10.3 Å². The van der Waals surface area contributed by atoms with Gasteiger partial charge in [0.15, 0.2) is 5.58 Å². The Morgan fingerprint density at radius 2 is 1.86 bits per heavy atom. The van der Waals surface area contributed by atoms with Crippen molar-refractivity contribution in [2.75, 3.05) is 12.4 Å². The quantitative estimate of drug-likeness (QED) is 0.493. The highest BCUT2D eigenvalue weighted by molar-refractivity contribution is 6.02. The zero-order chi connectivity index (χ0) is 19.3. The molecule has 0 radical (unpaired) electrons. The second-order valence-corrected chi connectivity index (χ2v) is 6.13. The first-order valence-corrected chi connectivity index (χ1v) is 8.81. The fourth-order valence-corrected chi connectivity index (χ4v) is 2.88. The number of nitrogens with zero attached hydrogens (tertiary/aromatic N) is 1. The fraction of sp³-hybridized carbons (Fsp3) is 0.0435. The van der Waals surface area contributed by atoms with Crippen molar-refractivity contribution < 1.29 is 13.9 Å². The van der Waals surface area contributed by atoms with E-state index in [1.165, 1.54) is 6.08 Å². The van der Waals surface area contributed by atoms with Crippen molar-refractivity contribution in [3.05, 3.63) is 84.4 Å². The summed E-state index contributed by atoms with van der Waals surface area (Å²) in [6.45, 7) is 0. The van der Waals surface area contributed by atoms with Gasteiger partial charge in [-0.3, -0.25) is 4.79 Å². The highest BCUT2D eigenvalue weighted by atomic mass is 16.5. The minimum Gasteiger partial charge on any atom is -0.496 e. The molecule has 0 fully saturated rings. The number of hydrogen-bond acceptors (Lipinski definition) is 4. The van der Waals surface area contributed by atoms with Gasteiger partial charge < -0.3 is 14.5 Å². The Morgan fingerprint density at radius 3 is 2.71 bits per heavy atom. The smallest absolute Gasteiger partial charge is 0.248 e. The Morgan fingerprint density at radius 1 is 1.04 bits per heavy atom. The maximum Gasteiger partial charge on any atom is 0.248 e. The minimum absolute atomic E-state index is 0.236. The Kier molecular flexibility index (Phi) is 4.89. The summed E-state index contributed by atoms with van der Waals surface area (Å²) in [6.07, 6.45) is 3.20. The molecule has 5 heteroatoms. The molecule has 0 aliphatic heterocycles. The van der Waals surface area contributed by atoms with Crippen LogP contribution in [0.2, 0.25) is 0 Å². The molecule has 28 heavy (non-hydrogen) atoms. The van der Waals surface area contributed by atoms with Gasteiger partial charge in [-0.2, -0.15) is 0 Å². The number of aromatic nitrogens is 1. The van der Waals surface area contributed by atoms with Crippen LogP contribution in [0.3, 0.4) is 0 Å². The summed E-state index contributed by atoms with van der Waals surface area (Å²) in [7, 11) is 1.60. The van der Waals surface area contributed by atoms with E-state index in [9.17, 15) is 4.79 Å². The third-order valence-corrected chi connectivity index (χ3v) is 4.22. The average Bonchev–Trinajstić information content (AvgIpc) is 3.17. The predicted octanol–water partition coefficient (Wildman–Crippen LogP) is 5.16. The number of fused-ring (bicyclic) bond motifs is 1. The van der Waals surface area contributed by atoms with Crippen LogP contribution in [-0.4, -0.2) is 18.0 Å². The molecule has 1 amide bonds. The molecule has 0 spiro atoms. The molecule has 4 aromatic rings. The molecule has 0 bridgehead atoms. The summed E-state index contributed by atoms with van der Waals surface area (Å²) >= 11 is 0. The van der Waals surface area contributed by atoms with Gasteiger partial charge in [0.05, 0.1) is 7.11 Å². The standard InChI is InChI=1S/C23H18N2O3/c1-27-20-11-4-2-7-16(20)13-14-22(26)24-18-9-6-8-17(15-18)23-25-19-10-3-5-12-21(19)28-23/h2-15H,1H3,(H,24,26)/b14-13+. The lowest BCUT2D eigenvalue weighted by Gasteiger charge is -2.05. The SMILES string of the molecule is COc1ccccc1/C=C/C(=O)Nc1cccc(-c2nc3ccccc3o2)c1. The van der Waals surface area contributed by atoms with Gasteiger partial charge in [-0.05, 0) is 42.5 Å². The predicted molar refractivity (Wildman–Crippen MR) is 110 cm³/mol. The van der Waals surface area contributed by atoms with Crippen molar-refractivity contribution in [2.45, 2.75) is 0 Å². The van der Waals surface area contributed by atoms with Crippen LogP contribution in [-0.2, 0) is 4.79 Å². The van der Waals surface area contributed by atoms with Gasteiger partial charge in [0.25, 0.3) is 0 Å². The Balaban J connectivity index is 1.51. The molecule has 1 aromatic heterocycles. The molecule has 0 atom stereocenters.